The van der Waals surface area contributed by atoms with Gasteiger partial charge in [0.1, 0.15) is 4.34 Å². The molecule has 0 aliphatic heterocycles. The van der Waals surface area contributed by atoms with Gasteiger partial charge in [0.25, 0.3) is 0 Å². The molecule has 0 N–H and O–H groups in total. The molecule has 0 spiro atoms. The lowest BCUT2D eigenvalue weighted by molar-refractivity contribution is -0.0523. The van der Waals surface area contributed by atoms with Gasteiger partial charge >= 0.3 is 0 Å². The highest BCUT2D eigenvalue weighted by atomic mass is 79.9. The van der Waals surface area contributed by atoms with Gasteiger partial charge in [0.2, 0.25) is 0 Å². The molecule has 5 rings (SSSR count). The molecule has 4 aliphatic rings. The average Bonchev–Trinajstić information content (AvgIpc) is 2.67. The molecular formula is C16H18BrClOS. The van der Waals surface area contributed by atoms with E-state index in [1.807, 2.05) is 6.07 Å². The molecule has 0 unspecified atom stereocenters. The van der Waals surface area contributed by atoms with E-state index in [0.717, 1.165) is 33.5 Å². The minimum absolute atomic E-state index is 0.310. The van der Waals surface area contributed by atoms with E-state index in [4.69, 9.17) is 11.6 Å². The Morgan fingerprint density at radius 3 is 2.25 bits per heavy atom. The summed E-state index contributed by atoms with van der Waals surface area (Å²) in [7, 11) is 0. The van der Waals surface area contributed by atoms with Crippen LogP contribution < -0.4 is 0 Å². The Kier molecular flexibility index (Phi) is 3.32. The van der Waals surface area contributed by atoms with Crippen LogP contribution in [0.4, 0.5) is 0 Å². The van der Waals surface area contributed by atoms with Crippen LogP contribution >= 0.6 is 38.9 Å². The standard InChI is InChI=1S/C16H18BrClOS/c17-12-4-14(20-15(12)18)13(19)8-16-5-9-1-10(6-16)3-11(2-9)7-16/h4,9-11H,1-3,5-8H2. The molecule has 20 heavy (non-hydrogen) atoms. The van der Waals surface area contributed by atoms with Crippen molar-refractivity contribution in [1.82, 2.24) is 0 Å². The van der Waals surface area contributed by atoms with E-state index in [1.165, 1.54) is 49.9 Å². The molecule has 1 nitrogen and oxygen atoms in total. The van der Waals surface area contributed by atoms with Crippen LogP contribution in [0.5, 0.6) is 0 Å². The van der Waals surface area contributed by atoms with Crippen molar-refractivity contribution in [2.45, 2.75) is 44.9 Å². The van der Waals surface area contributed by atoms with Crippen molar-refractivity contribution in [1.29, 1.82) is 0 Å². The average molecular weight is 374 g/mol. The topological polar surface area (TPSA) is 17.1 Å². The van der Waals surface area contributed by atoms with Crippen LogP contribution in [0.15, 0.2) is 10.5 Å². The molecule has 0 atom stereocenters. The van der Waals surface area contributed by atoms with Crippen molar-refractivity contribution in [3.05, 3.63) is 19.8 Å². The first-order chi connectivity index (χ1) is 9.53. The van der Waals surface area contributed by atoms with Gasteiger partial charge in [0.15, 0.2) is 5.78 Å². The van der Waals surface area contributed by atoms with Crippen molar-refractivity contribution in [2.24, 2.45) is 23.2 Å². The van der Waals surface area contributed by atoms with Crippen LogP contribution in [0.3, 0.4) is 0 Å². The fraction of sp³-hybridized carbons (Fsp3) is 0.688. The van der Waals surface area contributed by atoms with Crippen molar-refractivity contribution >= 4 is 44.7 Å². The number of thiophene rings is 1. The fourth-order valence-corrected chi connectivity index (χ4v) is 7.06. The smallest absolute Gasteiger partial charge is 0.173 e. The molecule has 1 aromatic heterocycles. The van der Waals surface area contributed by atoms with E-state index in [2.05, 4.69) is 15.9 Å². The summed E-state index contributed by atoms with van der Waals surface area (Å²) in [6.07, 6.45) is 8.94. The first kappa shape index (κ1) is 13.8. The summed E-state index contributed by atoms with van der Waals surface area (Å²) >= 11 is 10.9. The zero-order valence-corrected chi connectivity index (χ0v) is 14.5. The molecule has 4 saturated carbocycles. The lowest BCUT2D eigenvalue weighted by Crippen LogP contribution is -2.46. The normalized spacial score (nSPS) is 38.4. The highest BCUT2D eigenvalue weighted by Gasteiger charge is 2.51. The molecule has 0 radical (unpaired) electrons. The minimum atomic E-state index is 0.310. The highest BCUT2D eigenvalue weighted by molar-refractivity contribution is 9.10. The van der Waals surface area contributed by atoms with Gasteiger partial charge in [-0.1, -0.05) is 11.6 Å². The Morgan fingerprint density at radius 2 is 1.80 bits per heavy atom. The van der Waals surface area contributed by atoms with E-state index in [0.29, 0.717) is 15.5 Å². The molecular weight excluding hydrogens is 356 g/mol. The summed E-state index contributed by atoms with van der Waals surface area (Å²) in [4.78, 5) is 13.5. The maximum Gasteiger partial charge on any atom is 0.173 e. The molecule has 1 heterocycles. The second-order valence-electron chi connectivity index (χ2n) is 7.25. The summed E-state index contributed by atoms with van der Waals surface area (Å²) in [5, 5.41) is 0. The largest absolute Gasteiger partial charge is 0.293 e. The van der Waals surface area contributed by atoms with Crippen molar-refractivity contribution < 1.29 is 4.79 Å². The van der Waals surface area contributed by atoms with Gasteiger partial charge in [-0.05, 0) is 83.7 Å². The van der Waals surface area contributed by atoms with Crippen LogP contribution in [-0.2, 0) is 0 Å². The van der Waals surface area contributed by atoms with E-state index < -0.39 is 0 Å². The quantitative estimate of drug-likeness (QED) is 0.598. The third kappa shape index (κ3) is 2.30. The van der Waals surface area contributed by atoms with Gasteiger partial charge in [0.05, 0.1) is 4.88 Å². The first-order valence-electron chi connectivity index (χ1n) is 7.51. The Bertz CT molecular complexity index is 510. The van der Waals surface area contributed by atoms with Crippen LogP contribution in [-0.4, -0.2) is 5.78 Å². The van der Waals surface area contributed by atoms with Gasteiger partial charge < -0.3 is 0 Å². The number of rotatable bonds is 3. The number of hydrogen-bond acceptors (Lipinski definition) is 2. The number of carbonyl (C=O) groups excluding carboxylic acids is 1. The Labute approximate surface area is 137 Å². The SMILES string of the molecule is O=C(CC12CC3CC(CC(C3)C1)C2)c1cc(Br)c(Cl)s1. The molecule has 4 aliphatic carbocycles. The van der Waals surface area contributed by atoms with Crippen molar-refractivity contribution in [3.8, 4) is 0 Å². The second-order valence-corrected chi connectivity index (χ2v) is 9.76. The summed E-state index contributed by atoms with van der Waals surface area (Å²) < 4.78 is 1.55. The van der Waals surface area contributed by atoms with Crippen LogP contribution in [0.1, 0.15) is 54.6 Å². The minimum Gasteiger partial charge on any atom is -0.293 e. The molecule has 0 amide bonds. The Balaban J connectivity index is 1.55. The van der Waals surface area contributed by atoms with Crippen LogP contribution in [0.25, 0.3) is 0 Å². The molecule has 108 valence electrons. The second kappa shape index (κ2) is 4.82. The number of halogens is 2. The highest BCUT2D eigenvalue weighted by Crippen LogP contribution is 2.61. The van der Waals surface area contributed by atoms with Crippen molar-refractivity contribution in [3.63, 3.8) is 0 Å². The van der Waals surface area contributed by atoms with E-state index in [-0.39, 0.29) is 0 Å². The van der Waals surface area contributed by atoms with Gasteiger partial charge in [-0.3, -0.25) is 4.79 Å². The summed E-state index contributed by atoms with van der Waals surface area (Å²) in [6.45, 7) is 0. The first-order valence-corrected chi connectivity index (χ1v) is 9.50. The Morgan fingerprint density at radius 1 is 1.25 bits per heavy atom. The Hall–Kier alpha value is 0.140. The maximum absolute atomic E-state index is 12.6. The fourth-order valence-electron chi connectivity index (χ4n) is 5.42. The zero-order chi connectivity index (χ0) is 13.9. The third-order valence-electron chi connectivity index (χ3n) is 5.62. The number of ketones is 1. The van der Waals surface area contributed by atoms with Crippen LogP contribution in [0.2, 0.25) is 4.34 Å². The van der Waals surface area contributed by atoms with E-state index >= 15 is 0 Å². The molecule has 0 saturated heterocycles. The molecule has 4 heteroatoms. The summed E-state index contributed by atoms with van der Waals surface area (Å²) in [5.41, 5.74) is 0.328. The van der Waals surface area contributed by atoms with Gasteiger partial charge in [0, 0.05) is 10.9 Å². The number of hydrogen-bond donors (Lipinski definition) is 0. The van der Waals surface area contributed by atoms with Gasteiger partial charge in [-0.15, -0.1) is 11.3 Å². The summed E-state index contributed by atoms with van der Waals surface area (Å²) in [5.74, 6) is 3.04. The lowest BCUT2D eigenvalue weighted by Gasteiger charge is -2.56. The molecule has 4 bridgehead atoms. The molecule has 1 aromatic rings. The van der Waals surface area contributed by atoms with E-state index in [9.17, 15) is 4.79 Å². The molecule has 4 fully saturated rings. The number of Topliss-reactive ketones (excluding diaryl/α,β-unsaturated/α-hetero) is 1. The predicted molar refractivity (Wildman–Crippen MR) is 86.6 cm³/mol. The van der Waals surface area contributed by atoms with Crippen molar-refractivity contribution in [2.75, 3.05) is 0 Å². The monoisotopic (exact) mass is 372 g/mol. The molecule has 0 aromatic carbocycles. The number of carbonyl (C=O) groups is 1. The summed E-state index contributed by atoms with van der Waals surface area (Å²) in [6, 6.07) is 1.90. The zero-order valence-electron chi connectivity index (χ0n) is 11.3. The lowest BCUT2D eigenvalue weighted by atomic mass is 9.48. The van der Waals surface area contributed by atoms with E-state index in [1.54, 1.807) is 0 Å². The predicted octanol–water partition coefficient (Wildman–Crippen LogP) is 5.95. The maximum atomic E-state index is 12.6. The van der Waals surface area contributed by atoms with Gasteiger partial charge in [-0.2, -0.15) is 0 Å². The van der Waals surface area contributed by atoms with Gasteiger partial charge in [-0.25, -0.2) is 0 Å². The van der Waals surface area contributed by atoms with Crippen LogP contribution in [0, 0.1) is 23.2 Å². The third-order valence-corrected chi connectivity index (χ3v) is 8.14.